The molecule has 1 aliphatic rings. The minimum Gasteiger partial charge on any atom is -0.349 e. The number of amides is 1. The number of carbonyl (C=O) groups excluding carboxylic acids is 2. The Balaban J connectivity index is 2.06. The molecule has 1 aliphatic heterocycles. The zero-order valence-electron chi connectivity index (χ0n) is 10.7. The van der Waals surface area contributed by atoms with E-state index in [0.29, 0.717) is 23.7 Å². The second-order valence-electron chi connectivity index (χ2n) is 4.80. The number of fused-ring (bicyclic) bond motifs is 1. The number of aromatic nitrogens is 1. The van der Waals surface area contributed by atoms with Gasteiger partial charge in [-0.3, -0.25) is 4.79 Å². The van der Waals surface area contributed by atoms with Gasteiger partial charge in [-0.15, -0.1) is 0 Å². The van der Waals surface area contributed by atoms with Crippen molar-refractivity contribution in [2.24, 2.45) is 0 Å². The van der Waals surface area contributed by atoms with E-state index < -0.39 is 0 Å². The van der Waals surface area contributed by atoms with Gasteiger partial charge in [-0.2, -0.15) is 0 Å². The summed E-state index contributed by atoms with van der Waals surface area (Å²) in [5.41, 5.74) is 2.46. The predicted molar refractivity (Wildman–Crippen MR) is 76.9 cm³/mol. The zero-order valence-corrected chi connectivity index (χ0v) is 11.4. The summed E-state index contributed by atoms with van der Waals surface area (Å²) >= 11 is 6.00. The number of hydrogen-bond donors (Lipinski definition) is 1. The Kier molecular flexibility index (Phi) is 3.32. The molecule has 1 aromatic heterocycles. The van der Waals surface area contributed by atoms with Crippen molar-refractivity contribution in [3.05, 3.63) is 47.2 Å². The monoisotopic (exact) mass is 288 g/mol. The van der Waals surface area contributed by atoms with Crippen molar-refractivity contribution >= 4 is 23.8 Å². The lowest BCUT2D eigenvalue weighted by Gasteiger charge is -2.24. The van der Waals surface area contributed by atoms with E-state index in [4.69, 9.17) is 11.6 Å². The number of benzene rings is 1. The van der Waals surface area contributed by atoms with E-state index in [1.165, 1.54) is 0 Å². The predicted octanol–water partition coefficient (Wildman–Crippen LogP) is 2.68. The molecule has 1 amide bonds. The lowest BCUT2D eigenvalue weighted by Crippen LogP contribution is -2.38. The Labute approximate surface area is 121 Å². The quantitative estimate of drug-likeness (QED) is 0.883. The first-order valence-corrected chi connectivity index (χ1v) is 6.76. The highest BCUT2D eigenvalue weighted by Crippen LogP contribution is 2.28. The van der Waals surface area contributed by atoms with Gasteiger partial charge in [0.15, 0.2) is 0 Å². The summed E-state index contributed by atoms with van der Waals surface area (Å²) in [5.74, 6) is -0.111. The van der Waals surface area contributed by atoms with Crippen LogP contribution in [0.1, 0.15) is 23.0 Å². The lowest BCUT2D eigenvalue weighted by atomic mass is 10.1. The van der Waals surface area contributed by atoms with Crippen molar-refractivity contribution in [1.29, 1.82) is 0 Å². The fourth-order valence-electron chi connectivity index (χ4n) is 2.50. The van der Waals surface area contributed by atoms with Crippen molar-refractivity contribution in [2.45, 2.75) is 12.5 Å². The number of nitrogens with zero attached hydrogens (tertiary/aromatic N) is 1. The fourth-order valence-corrected chi connectivity index (χ4v) is 2.69. The number of carbonyl (C=O) groups is 2. The standard InChI is InChI=1S/C15H13ClN2O2/c16-12-3-1-2-10(6-12)11-7-14-15(20)17-8-13(4-5-19)18(14)9-11/h1-3,5-7,9,13H,4,8H2,(H,17,20). The van der Waals surface area contributed by atoms with Gasteiger partial charge in [0.2, 0.25) is 0 Å². The summed E-state index contributed by atoms with van der Waals surface area (Å²) in [6.07, 6.45) is 3.18. The third-order valence-corrected chi connectivity index (χ3v) is 3.73. The minimum absolute atomic E-state index is 0.0202. The highest BCUT2D eigenvalue weighted by Gasteiger charge is 2.25. The van der Waals surface area contributed by atoms with Crippen LogP contribution in [0.3, 0.4) is 0 Å². The maximum absolute atomic E-state index is 11.9. The van der Waals surface area contributed by atoms with Crippen molar-refractivity contribution in [3.8, 4) is 11.1 Å². The van der Waals surface area contributed by atoms with Gasteiger partial charge < -0.3 is 14.7 Å². The van der Waals surface area contributed by atoms with Crippen LogP contribution >= 0.6 is 11.6 Å². The first-order valence-electron chi connectivity index (χ1n) is 6.38. The molecule has 5 heteroatoms. The number of nitrogens with one attached hydrogen (secondary N) is 1. The number of aldehydes is 1. The van der Waals surface area contributed by atoms with Gasteiger partial charge in [-0.1, -0.05) is 23.7 Å². The second-order valence-corrected chi connectivity index (χ2v) is 5.23. The van der Waals surface area contributed by atoms with Gasteiger partial charge in [0, 0.05) is 29.7 Å². The van der Waals surface area contributed by atoms with Gasteiger partial charge >= 0.3 is 0 Å². The number of hydrogen-bond acceptors (Lipinski definition) is 2. The highest BCUT2D eigenvalue weighted by atomic mass is 35.5. The molecule has 4 nitrogen and oxygen atoms in total. The Morgan fingerprint density at radius 2 is 2.20 bits per heavy atom. The van der Waals surface area contributed by atoms with Crippen molar-refractivity contribution in [1.82, 2.24) is 9.88 Å². The van der Waals surface area contributed by atoms with E-state index in [1.807, 2.05) is 41.1 Å². The van der Waals surface area contributed by atoms with Crippen molar-refractivity contribution in [3.63, 3.8) is 0 Å². The van der Waals surface area contributed by atoms with Crippen LogP contribution in [-0.2, 0) is 4.79 Å². The van der Waals surface area contributed by atoms with E-state index in [9.17, 15) is 9.59 Å². The maximum Gasteiger partial charge on any atom is 0.268 e. The Hall–Kier alpha value is -2.07. The number of halogens is 1. The molecular weight excluding hydrogens is 276 g/mol. The van der Waals surface area contributed by atoms with Crippen LogP contribution in [0.5, 0.6) is 0 Å². The van der Waals surface area contributed by atoms with Crippen LogP contribution < -0.4 is 5.32 Å². The molecule has 3 rings (SSSR count). The summed E-state index contributed by atoms with van der Waals surface area (Å²) < 4.78 is 1.88. The molecule has 1 N–H and O–H groups in total. The molecule has 1 atom stereocenters. The average molecular weight is 289 g/mol. The first kappa shape index (κ1) is 12.9. The third kappa shape index (κ3) is 2.23. The van der Waals surface area contributed by atoms with Gasteiger partial charge in [0.1, 0.15) is 12.0 Å². The molecule has 0 spiro atoms. The van der Waals surface area contributed by atoms with E-state index in [0.717, 1.165) is 17.4 Å². The molecule has 102 valence electrons. The number of rotatable bonds is 3. The van der Waals surface area contributed by atoms with Gasteiger partial charge in [-0.25, -0.2) is 0 Å². The third-order valence-electron chi connectivity index (χ3n) is 3.50. The van der Waals surface area contributed by atoms with Crippen molar-refractivity contribution in [2.75, 3.05) is 6.54 Å². The molecule has 20 heavy (non-hydrogen) atoms. The summed E-state index contributed by atoms with van der Waals surface area (Å²) in [4.78, 5) is 22.6. The smallest absolute Gasteiger partial charge is 0.268 e. The van der Waals surface area contributed by atoms with E-state index >= 15 is 0 Å². The molecule has 0 saturated carbocycles. The lowest BCUT2D eigenvalue weighted by molar-refractivity contribution is -0.108. The van der Waals surface area contributed by atoms with Gasteiger partial charge in [0.05, 0.1) is 6.04 Å². The summed E-state index contributed by atoms with van der Waals surface area (Å²) in [6, 6.07) is 9.29. The van der Waals surface area contributed by atoms with E-state index in [2.05, 4.69) is 5.32 Å². The van der Waals surface area contributed by atoms with Crippen LogP contribution in [0.25, 0.3) is 11.1 Å². The molecular formula is C15H13ClN2O2. The van der Waals surface area contributed by atoms with Gasteiger partial charge in [0.25, 0.3) is 5.91 Å². The molecule has 1 aromatic carbocycles. The maximum atomic E-state index is 11.9. The molecule has 2 heterocycles. The molecule has 2 aromatic rings. The topological polar surface area (TPSA) is 51.1 Å². The highest BCUT2D eigenvalue weighted by molar-refractivity contribution is 6.30. The molecule has 0 saturated heterocycles. The second kappa shape index (κ2) is 5.13. The molecule has 0 aliphatic carbocycles. The average Bonchev–Trinajstić information content (AvgIpc) is 2.88. The Morgan fingerprint density at radius 3 is 2.95 bits per heavy atom. The van der Waals surface area contributed by atoms with Crippen LogP contribution in [0.2, 0.25) is 5.02 Å². The Morgan fingerprint density at radius 1 is 1.35 bits per heavy atom. The minimum atomic E-state index is -0.111. The SMILES string of the molecule is O=CCC1CNC(=O)c2cc(-c3cccc(Cl)c3)cn21. The summed E-state index contributed by atoms with van der Waals surface area (Å²) in [6.45, 7) is 0.480. The Bertz CT molecular complexity index is 678. The van der Waals surface area contributed by atoms with Crippen LogP contribution in [0.15, 0.2) is 36.5 Å². The first-order chi connectivity index (χ1) is 9.69. The van der Waals surface area contributed by atoms with Gasteiger partial charge in [-0.05, 0) is 23.8 Å². The summed E-state index contributed by atoms with van der Waals surface area (Å²) in [5, 5.41) is 3.46. The molecule has 1 unspecified atom stereocenters. The normalized spacial score (nSPS) is 17.4. The largest absolute Gasteiger partial charge is 0.349 e. The molecule has 0 fully saturated rings. The van der Waals surface area contributed by atoms with Crippen LogP contribution in [0.4, 0.5) is 0 Å². The van der Waals surface area contributed by atoms with E-state index in [1.54, 1.807) is 0 Å². The van der Waals surface area contributed by atoms with Crippen LogP contribution in [-0.4, -0.2) is 23.3 Å². The molecule has 0 bridgehead atoms. The fraction of sp³-hybridized carbons (Fsp3) is 0.200. The van der Waals surface area contributed by atoms with E-state index in [-0.39, 0.29) is 11.9 Å². The van der Waals surface area contributed by atoms with Crippen LogP contribution in [0, 0.1) is 0 Å². The van der Waals surface area contributed by atoms with Crippen molar-refractivity contribution < 1.29 is 9.59 Å². The summed E-state index contributed by atoms with van der Waals surface area (Å²) in [7, 11) is 0. The molecule has 0 radical (unpaired) electrons. The zero-order chi connectivity index (χ0) is 14.1.